The third kappa shape index (κ3) is 0.869. The zero-order valence-electron chi connectivity index (χ0n) is 5.79. The average molecular weight is 153 g/mol. The lowest BCUT2D eigenvalue weighted by Gasteiger charge is -2.14. The summed E-state index contributed by atoms with van der Waals surface area (Å²) in [5, 5.41) is 0. The number of aldehydes is 1. The van der Waals surface area contributed by atoms with Gasteiger partial charge in [-0.1, -0.05) is 0 Å². The second-order valence-electron chi connectivity index (χ2n) is 2.21. The lowest BCUT2D eigenvalue weighted by atomic mass is 10.4. The minimum absolute atomic E-state index is 0.444. The van der Waals surface area contributed by atoms with Crippen LogP contribution in [-0.4, -0.2) is 24.5 Å². The van der Waals surface area contributed by atoms with Crippen LogP contribution in [0.25, 0.3) is 0 Å². The lowest BCUT2D eigenvalue weighted by Crippen LogP contribution is -2.14. The highest BCUT2D eigenvalue weighted by Gasteiger charge is 2.16. The summed E-state index contributed by atoms with van der Waals surface area (Å²) in [6.07, 6.45) is 2.34. The summed E-state index contributed by atoms with van der Waals surface area (Å²) in [7, 11) is 0. The van der Waals surface area contributed by atoms with Gasteiger partial charge in [0.15, 0.2) is 17.8 Å². The van der Waals surface area contributed by atoms with Crippen molar-refractivity contribution in [3.63, 3.8) is 0 Å². The first kappa shape index (κ1) is 6.27. The second kappa shape index (κ2) is 2.30. The Morgan fingerprint density at radius 1 is 1.45 bits per heavy atom. The molecule has 1 aliphatic rings. The quantitative estimate of drug-likeness (QED) is 0.601. The predicted molar refractivity (Wildman–Crippen MR) is 37.2 cm³/mol. The first-order valence-corrected chi connectivity index (χ1v) is 3.34. The Labute approximate surface area is 63.1 Å². The topological polar surface area (TPSA) is 51.3 Å². The molecule has 1 aromatic heterocycles. The molecule has 0 aliphatic carbocycles. The SMILES string of the molecule is O=Cc1[nH]cc2c1OCCO2. The van der Waals surface area contributed by atoms with Gasteiger partial charge in [-0.2, -0.15) is 0 Å². The largest absolute Gasteiger partial charge is 0.485 e. The predicted octanol–water partition coefficient (Wildman–Crippen LogP) is 0.598. The molecule has 2 heterocycles. The molecule has 0 saturated carbocycles. The van der Waals surface area contributed by atoms with Crippen molar-refractivity contribution in [1.82, 2.24) is 4.98 Å². The van der Waals surface area contributed by atoms with E-state index >= 15 is 0 Å². The van der Waals surface area contributed by atoms with Crippen LogP contribution in [0.4, 0.5) is 0 Å². The van der Waals surface area contributed by atoms with E-state index in [1.807, 2.05) is 0 Å². The number of hydrogen-bond donors (Lipinski definition) is 1. The highest BCUT2D eigenvalue weighted by Crippen LogP contribution is 2.32. The van der Waals surface area contributed by atoms with Gasteiger partial charge in [0.25, 0.3) is 0 Å². The third-order valence-corrected chi connectivity index (χ3v) is 1.53. The van der Waals surface area contributed by atoms with Crippen LogP contribution in [0, 0.1) is 0 Å². The van der Waals surface area contributed by atoms with Gasteiger partial charge in [-0.25, -0.2) is 0 Å². The van der Waals surface area contributed by atoms with E-state index in [-0.39, 0.29) is 0 Å². The number of aromatic amines is 1. The number of fused-ring (bicyclic) bond motifs is 1. The van der Waals surface area contributed by atoms with Crippen molar-refractivity contribution in [2.75, 3.05) is 13.2 Å². The van der Waals surface area contributed by atoms with E-state index in [1.54, 1.807) is 6.20 Å². The van der Waals surface area contributed by atoms with E-state index in [9.17, 15) is 4.79 Å². The molecule has 0 atom stereocenters. The molecule has 1 N–H and O–H groups in total. The van der Waals surface area contributed by atoms with E-state index in [0.717, 1.165) is 0 Å². The molecule has 0 spiro atoms. The van der Waals surface area contributed by atoms with Crippen molar-refractivity contribution in [2.24, 2.45) is 0 Å². The number of nitrogens with one attached hydrogen (secondary N) is 1. The third-order valence-electron chi connectivity index (χ3n) is 1.53. The van der Waals surface area contributed by atoms with Gasteiger partial charge < -0.3 is 14.5 Å². The van der Waals surface area contributed by atoms with Gasteiger partial charge in [-0.3, -0.25) is 4.79 Å². The van der Waals surface area contributed by atoms with Crippen LogP contribution in [-0.2, 0) is 0 Å². The van der Waals surface area contributed by atoms with E-state index in [0.29, 0.717) is 36.7 Å². The average Bonchev–Trinajstić information content (AvgIpc) is 2.47. The van der Waals surface area contributed by atoms with Crippen molar-refractivity contribution in [2.45, 2.75) is 0 Å². The Morgan fingerprint density at radius 2 is 2.27 bits per heavy atom. The summed E-state index contributed by atoms with van der Waals surface area (Å²) < 4.78 is 10.4. The van der Waals surface area contributed by atoms with Gasteiger partial charge in [-0.05, 0) is 0 Å². The summed E-state index contributed by atoms with van der Waals surface area (Å²) in [5.74, 6) is 1.16. The smallest absolute Gasteiger partial charge is 0.189 e. The number of H-pyrrole nitrogens is 1. The van der Waals surface area contributed by atoms with Crippen LogP contribution < -0.4 is 9.47 Å². The summed E-state index contributed by atoms with van der Waals surface area (Å²) >= 11 is 0. The molecule has 1 aromatic rings. The molecule has 0 aromatic carbocycles. The van der Waals surface area contributed by atoms with E-state index < -0.39 is 0 Å². The molecular formula is C7H7NO3. The van der Waals surface area contributed by atoms with Gasteiger partial charge in [0.1, 0.15) is 18.9 Å². The monoisotopic (exact) mass is 153 g/mol. The number of rotatable bonds is 1. The van der Waals surface area contributed by atoms with E-state index in [1.165, 1.54) is 0 Å². The van der Waals surface area contributed by atoms with Crippen LogP contribution in [0.3, 0.4) is 0 Å². The second-order valence-corrected chi connectivity index (χ2v) is 2.21. The molecule has 0 bridgehead atoms. The van der Waals surface area contributed by atoms with Crippen LogP contribution in [0.1, 0.15) is 10.5 Å². The highest BCUT2D eigenvalue weighted by molar-refractivity contribution is 5.78. The maximum atomic E-state index is 10.4. The molecule has 4 heteroatoms. The minimum Gasteiger partial charge on any atom is -0.485 e. The molecule has 0 amide bonds. The number of aromatic nitrogens is 1. The number of ether oxygens (including phenoxy) is 2. The van der Waals surface area contributed by atoms with Gasteiger partial charge in [0.2, 0.25) is 0 Å². The number of carbonyl (C=O) groups is 1. The Hall–Kier alpha value is -1.45. The molecule has 58 valence electrons. The molecule has 0 unspecified atom stereocenters. The van der Waals surface area contributed by atoms with Crippen molar-refractivity contribution < 1.29 is 14.3 Å². The fourth-order valence-corrected chi connectivity index (χ4v) is 1.05. The molecule has 1 aliphatic heterocycles. The summed E-state index contributed by atoms with van der Waals surface area (Å²) in [6, 6.07) is 0. The van der Waals surface area contributed by atoms with Crippen LogP contribution >= 0.6 is 0 Å². The number of carbonyl (C=O) groups excluding carboxylic acids is 1. The standard InChI is InChI=1S/C7H7NO3/c9-4-5-7-6(3-8-5)10-1-2-11-7/h3-4,8H,1-2H2. The first-order chi connectivity index (χ1) is 5.42. The Kier molecular flexibility index (Phi) is 1.31. The van der Waals surface area contributed by atoms with Crippen molar-refractivity contribution in [1.29, 1.82) is 0 Å². The summed E-state index contributed by atoms with van der Waals surface area (Å²) in [4.78, 5) is 13.1. The van der Waals surface area contributed by atoms with Crippen LogP contribution in [0.5, 0.6) is 11.5 Å². The maximum Gasteiger partial charge on any atom is 0.189 e. The van der Waals surface area contributed by atoms with Crippen molar-refractivity contribution in [3.8, 4) is 11.5 Å². The van der Waals surface area contributed by atoms with Crippen molar-refractivity contribution >= 4 is 6.29 Å². The first-order valence-electron chi connectivity index (χ1n) is 3.34. The highest BCUT2D eigenvalue weighted by atomic mass is 16.6. The van der Waals surface area contributed by atoms with Crippen LogP contribution in [0.2, 0.25) is 0 Å². The molecule has 0 saturated heterocycles. The molecule has 4 nitrogen and oxygen atoms in total. The summed E-state index contributed by atoms with van der Waals surface area (Å²) in [6.45, 7) is 1.05. The number of hydrogen-bond acceptors (Lipinski definition) is 3. The van der Waals surface area contributed by atoms with Gasteiger partial charge >= 0.3 is 0 Å². The molecule has 0 fully saturated rings. The van der Waals surface area contributed by atoms with E-state index in [2.05, 4.69) is 4.98 Å². The van der Waals surface area contributed by atoms with Crippen LogP contribution in [0.15, 0.2) is 6.20 Å². The minimum atomic E-state index is 0.444. The Morgan fingerprint density at radius 3 is 3.09 bits per heavy atom. The van der Waals surface area contributed by atoms with Gasteiger partial charge in [0, 0.05) is 6.20 Å². The fraction of sp³-hybridized carbons (Fsp3) is 0.286. The van der Waals surface area contributed by atoms with Gasteiger partial charge in [-0.15, -0.1) is 0 Å². The zero-order chi connectivity index (χ0) is 7.68. The molecule has 2 rings (SSSR count). The molecule has 11 heavy (non-hydrogen) atoms. The lowest BCUT2D eigenvalue weighted by molar-refractivity contribution is 0.111. The normalized spacial score (nSPS) is 14.5. The zero-order valence-corrected chi connectivity index (χ0v) is 5.79. The van der Waals surface area contributed by atoms with Crippen molar-refractivity contribution in [3.05, 3.63) is 11.9 Å². The fourth-order valence-electron chi connectivity index (χ4n) is 1.05. The molecular weight excluding hydrogens is 146 g/mol. The Bertz CT molecular complexity index is 279. The van der Waals surface area contributed by atoms with Gasteiger partial charge in [0.05, 0.1) is 0 Å². The van der Waals surface area contributed by atoms with E-state index in [4.69, 9.17) is 9.47 Å². The summed E-state index contributed by atoms with van der Waals surface area (Å²) in [5.41, 5.74) is 0.444. The maximum absolute atomic E-state index is 10.4. The Balaban J connectivity index is 2.45. The molecule has 0 radical (unpaired) electrons.